The van der Waals surface area contributed by atoms with E-state index in [1.165, 1.54) is 4.57 Å². The average molecular weight is 391 g/mol. The number of ketones is 1. The first-order chi connectivity index (χ1) is 13.7. The topological polar surface area (TPSA) is 66.0 Å². The summed E-state index contributed by atoms with van der Waals surface area (Å²) < 4.78 is 4.54. The smallest absolute Gasteiger partial charge is 0.299 e. The van der Waals surface area contributed by atoms with Crippen molar-refractivity contribution in [2.24, 2.45) is 28.1 Å². The van der Waals surface area contributed by atoms with Crippen molar-refractivity contribution in [1.82, 2.24) is 13.9 Å². The van der Waals surface area contributed by atoms with E-state index in [0.29, 0.717) is 17.9 Å². The Labute approximate surface area is 168 Å². The minimum atomic E-state index is -0.466. The number of carbonyl (C=O) groups excluding carboxylic acids is 1. The van der Waals surface area contributed by atoms with Crippen molar-refractivity contribution >= 4 is 5.78 Å². The van der Waals surface area contributed by atoms with Crippen LogP contribution in [0.3, 0.4) is 0 Å². The number of rotatable bonds is 1. The van der Waals surface area contributed by atoms with Crippen molar-refractivity contribution in [3.05, 3.63) is 63.5 Å². The summed E-state index contributed by atoms with van der Waals surface area (Å²) in [6, 6.07) is 8.58. The largest absolute Gasteiger partial charge is 0.352 e. The first-order valence-corrected chi connectivity index (χ1v) is 10.4. The van der Waals surface area contributed by atoms with Gasteiger partial charge in [0.2, 0.25) is 0 Å². The van der Waals surface area contributed by atoms with E-state index < -0.39 is 5.41 Å². The summed E-state index contributed by atoms with van der Waals surface area (Å²) in [5.41, 5.74) is -0.837. The Balaban J connectivity index is 1.63. The summed E-state index contributed by atoms with van der Waals surface area (Å²) in [7, 11) is 0. The fourth-order valence-corrected chi connectivity index (χ4v) is 7.40. The Hall–Kier alpha value is -2.63. The van der Waals surface area contributed by atoms with Crippen molar-refractivity contribution in [3.8, 4) is 5.69 Å². The van der Waals surface area contributed by atoms with E-state index in [1.807, 2.05) is 24.3 Å². The molecule has 0 N–H and O–H groups in total. The molecule has 7 rings (SSSR count). The van der Waals surface area contributed by atoms with Crippen molar-refractivity contribution in [1.29, 1.82) is 0 Å². The highest BCUT2D eigenvalue weighted by Gasteiger charge is 2.90. The molecule has 6 heteroatoms. The van der Waals surface area contributed by atoms with Gasteiger partial charge in [0.25, 0.3) is 0 Å². The Morgan fingerprint density at radius 1 is 0.966 bits per heavy atom. The third kappa shape index (κ3) is 1.59. The molecule has 2 fully saturated rings. The monoisotopic (exact) mass is 391 g/mol. The van der Waals surface area contributed by atoms with Crippen LogP contribution in [0.2, 0.25) is 0 Å². The molecule has 2 aromatic rings. The van der Waals surface area contributed by atoms with Gasteiger partial charge in [-0.1, -0.05) is 58.0 Å². The zero-order valence-corrected chi connectivity index (χ0v) is 17.1. The molecule has 1 spiro atoms. The molecule has 2 saturated carbocycles. The van der Waals surface area contributed by atoms with Gasteiger partial charge in [-0.15, -0.1) is 0 Å². The fraction of sp³-hybridized carbons (Fsp3) is 0.522. The predicted molar refractivity (Wildman–Crippen MR) is 108 cm³/mol. The van der Waals surface area contributed by atoms with Gasteiger partial charge in [0.15, 0.2) is 0 Å². The van der Waals surface area contributed by atoms with Gasteiger partial charge >= 0.3 is 11.4 Å². The Morgan fingerprint density at radius 3 is 2.28 bits per heavy atom. The van der Waals surface area contributed by atoms with Crippen LogP contribution in [0.1, 0.15) is 46.2 Å². The maximum absolute atomic E-state index is 13.5. The van der Waals surface area contributed by atoms with E-state index in [1.54, 1.807) is 21.5 Å². The van der Waals surface area contributed by atoms with Crippen LogP contribution < -0.4 is 11.4 Å². The van der Waals surface area contributed by atoms with E-state index in [0.717, 1.165) is 0 Å². The van der Waals surface area contributed by atoms with Crippen LogP contribution in [-0.2, 0) is 4.79 Å². The lowest BCUT2D eigenvalue weighted by atomic mass is 9.65. The second kappa shape index (κ2) is 4.74. The van der Waals surface area contributed by atoms with Crippen LogP contribution in [0, 0.1) is 28.1 Å². The molecule has 0 radical (unpaired) electrons. The Kier molecular flexibility index (Phi) is 2.82. The van der Waals surface area contributed by atoms with Crippen LogP contribution in [-0.4, -0.2) is 19.7 Å². The Bertz CT molecular complexity index is 1220. The number of hydrogen-bond donors (Lipinski definition) is 0. The van der Waals surface area contributed by atoms with Gasteiger partial charge in [-0.05, 0) is 23.5 Å². The van der Waals surface area contributed by atoms with Gasteiger partial charge in [0.1, 0.15) is 5.78 Å². The summed E-state index contributed by atoms with van der Waals surface area (Å²) in [4.78, 5) is 40.1. The van der Waals surface area contributed by atoms with Gasteiger partial charge in [-0.25, -0.2) is 23.5 Å². The molecule has 6 atom stereocenters. The molecule has 1 aromatic heterocycles. The highest BCUT2D eigenvalue weighted by Crippen LogP contribution is 2.88. The van der Waals surface area contributed by atoms with E-state index in [9.17, 15) is 14.4 Å². The number of aromatic nitrogens is 3. The standard InChI is InChI=1S/C23H25N3O3/c1-21(2,3)15-12-17(27)22(4)18-14-10-11-16(23(15,18)22)26-20(29)24(19(28)25(14)26)13-8-6-5-7-9-13/h5-11,14-16,18H,12H2,1-4H3/t14?,15-,16?,18+,22+,23?/m1/s1. The number of benzene rings is 1. The lowest BCUT2D eigenvalue weighted by Gasteiger charge is -2.46. The third-order valence-corrected chi connectivity index (χ3v) is 8.43. The van der Waals surface area contributed by atoms with Crippen LogP contribution in [0.5, 0.6) is 0 Å². The lowest BCUT2D eigenvalue weighted by Crippen LogP contribution is -2.49. The van der Waals surface area contributed by atoms with Gasteiger partial charge in [0, 0.05) is 23.2 Å². The molecule has 3 heterocycles. The first-order valence-electron chi connectivity index (χ1n) is 10.4. The Morgan fingerprint density at radius 2 is 1.62 bits per heavy atom. The summed E-state index contributed by atoms with van der Waals surface area (Å²) in [5, 5.41) is 0. The molecular formula is C23H25N3O3. The average Bonchev–Trinajstić information content (AvgIpc) is 3.07. The maximum atomic E-state index is 13.5. The second-order valence-electron chi connectivity index (χ2n) is 10.4. The lowest BCUT2D eigenvalue weighted by molar-refractivity contribution is -0.123. The third-order valence-electron chi connectivity index (χ3n) is 8.43. The van der Waals surface area contributed by atoms with Crippen LogP contribution in [0.15, 0.2) is 52.1 Å². The van der Waals surface area contributed by atoms with E-state index in [4.69, 9.17) is 0 Å². The molecule has 0 saturated heterocycles. The number of para-hydroxylation sites is 1. The molecule has 5 aliphatic rings. The molecule has 3 unspecified atom stereocenters. The molecule has 2 aliphatic heterocycles. The van der Waals surface area contributed by atoms with Crippen molar-refractivity contribution in [3.63, 3.8) is 0 Å². The molecule has 3 aliphatic carbocycles. The quantitative estimate of drug-likeness (QED) is 0.702. The fourth-order valence-electron chi connectivity index (χ4n) is 7.40. The summed E-state index contributed by atoms with van der Waals surface area (Å²) in [6.07, 6.45) is 4.69. The van der Waals surface area contributed by atoms with Gasteiger partial charge in [0.05, 0.1) is 17.8 Å². The maximum Gasteiger partial charge on any atom is 0.352 e. The highest BCUT2D eigenvalue weighted by molar-refractivity contribution is 5.94. The zero-order valence-electron chi connectivity index (χ0n) is 17.1. The zero-order chi connectivity index (χ0) is 20.5. The molecule has 2 bridgehead atoms. The highest BCUT2D eigenvalue weighted by atomic mass is 16.2. The van der Waals surface area contributed by atoms with E-state index >= 15 is 0 Å². The minimum Gasteiger partial charge on any atom is -0.299 e. The molecular weight excluding hydrogens is 366 g/mol. The van der Waals surface area contributed by atoms with E-state index in [2.05, 4.69) is 33.8 Å². The van der Waals surface area contributed by atoms with Gasteiger partial charge in [-0.2, -0.15) is 0 Å². The normalized spacial score (nSPS) is 38.7. The van der Waals surface area contributed by atoms with Crippen LogP contribution in [0.25, 0.3) is 5.69 Å². The predicted octanol–water partition coefficient (Wildman–Crippen LogP) is 2.72. The van der Waals surface area contributed by atoms with Gasteiger partial charge in [-0.3, -0.25) is 4.79 Å². The summed E-state index contributed by atoms with van der Waals surface area (Å²) in [6.45, 7) is 8.65. The minimum absolute atomic E-state index is 0.0514. The van der Waals surface area contributed by atoms with Crippen molar-refractivity contribution < 1.29 is 4.79 Å². The number of hydrogen-bond acceptors (Lipinski definition) is 3. The molecule has 1 aromatic carbocycles. The summed E-state index contributed by atoms with van der Waals surface area (Å²) in [5.74, 6) is 0.563. The van der Waals surface area contributed by atoms with Crippen LogP contribution >= 0.6 is 0 Å². The summed E-state index contributed by atoms with van der Waals surface area (Å²) >= 11 is 0. The molecule has 29 heavy (non-hydrogen) atoms. The molecule has 0 amide bonds. The first kappa shape index (κ1) is 17.2. The SMILES string of the molecule is CC(C)(C)[C@H]1CC(=O)[C@@]2(C)[C@@H]3C4C=CC(n5c(=O)n(-c6ccccc6)c(=O)n54)C132. The van der Waals surface area contributed by atoms with E-state index in [-0.39, 0.29) is 46.1 Å². The molecule has 150 valence electrons. The van der Waals surface area contributed by atoms with Crippen molar-refractivity contribution in [2.75, 3.05) is 0 Å². The number of nitrogens with zero attached hydrogens (tertiary/aromatic N) is 3. The number of Topliss-reactive ketones (excluding diaryl/α,β-unsaturated/α-hetero) is 1. The number of carbonyl (C=O) groups is 1. The second-order valence-corrected chi connectivity index (χ2v) is 10.4. The molecule has 6 nitrogen and oxygen atoms in total. The van der Waals surface area contributed by atoms with Crippen molar-refractivity contribution in [2.45, 2.75) is 46.2 Å². The van der Waals surface area contributed by atoms with Gasteiger partial charge < -0.3 is 0 Å². The number of allylic oxidation sites excluding steroid dienone is 2. The van der Waals surface area contributed by atoms with Crippen LogP contribution in [0.4, 0.5) is 0 Å².